The predicted octanol–water partition coefficient (Wildman–Crippen LogP) is 5.51. The van der Waals surface area contributed by atoms with Crippen LogP contribution in [0.15, 0.2) is 48.5 Å². The van der Waals surface area contributed by atoms with Crippen LogP contribution in [0.1, 0.15) is 16.1 Å². The second kappa shape index (κ2) is 6.52. The lowest BCUT2D eigenvalue weighted by atomic mass is 10.1. The molecule has 6 heteroatoms. The molecule has 1 aromatic heterocycles. The maximum Gasteiger partial charge on any atom is 0.250 e. The first-order valence-corrected chi connectivity index (χ1v) is 8.25. The number of nitrogens with zero attached hydrogens (tertiary/aromatic N) is 1. The van der Waals surface area contributed by atoms with Crippen LogP contribution in [0.4, 0.5) is 0 Å². The maximum absolute atomic E-state index is 11.8. The Labute approximate surface area is 154 Å². The summed E-state index contributed by atoms with van der Waals surface area (Å²) in [4.78, 5) is 11.8. The summed E-state index contributed by atoms with van der Waals surface area (Å²) in [5, 5.41) is 1.66. The molecular formula is C18H13Cl3N2O. The van der Waals surface area contributed by atoms with Crippen LogP contribution in [0.2, 0.25) is 15.1 Å². The first kappa shape index (κ1) is 16.9. The molecule has 0 fully saturated rings. The summed E-state index contributed by atoms with van der Waals surface area (Å²) in [6.45, 7) is 1.84. The van der Waals surface area contributed by atoms with E-state index in [-0.39, 0.29) is 0 Å². The van der Waals surface area contributed by atoms with Crippen molar-refractivity contribution in [2.75, 3.05) is 0 Å². The zero-order valence-electron chi connectivity index (χ0n) is 12.7. The third-order valence-electron chi connectivity index (χ3n) is 3.80. The van der Waals surface area contributed by atoms with Gasteiger partial charge in [0, 0.05) is 27.0 Å². The molecule has 0 unspecified atom stereocenters. The van der Waals surface area contributed by atoms with Crippen LogP contribution in [-0.2, 0) is 0 Å². The molecule has 3 aromatic rings. The lowest BCUT2D eigenvalue weighted by Crippen LogP contribution is -2.12. The Bertz CT molecular complexity index is 930. The van der Waals surface area contributed by atoms with Gasteiger partial charge in [-0.05, 0) is 55.5 Å². The zero-order valence-corrected chi connectivity index (χ0v) is 15.0. The molecule has 0 saturated carbocycles. The van der Waals surface area contributed by atoms with Gasteiger partial charge in [-0.3, -0.25) is 4.79 Å². The minimum Gasteiger partial charge on any atom is -0.366 e. The van der Waals surface area contributed by atoms with E-state index in [0.29, 0.717) is 20.6 Å². The molecule has 0 spiro atoms. The highest BCUT2D eigenvalue weighted by Gasteiger charge is 2.19. The van der Waals surface area contributed by atoms with Crippen molar-refractivity contribution in [3.8, 4) is 16.9 Å². The molecule has 3 nitrogen and oxygen atoms in total. The fourth-order valence-electron chi connectivity index (χ4n) is 2.67. The normalized spacial score (nSPS) is 10.8. The standard InChI is InChI=1S/C18H13Cl3N2O/c1-10-15(18(22)24)9-17(14-7-4-12(20)8-16(14)21)23(10)13-5-2-11(19)3-6-13/h2-9H,1H3,(H2,22,24). The Morgan fingerprint density at radius 1 is 0.958 bits per heavy atom. The van der Waals surface area contributed by atoms with Crippen LogP contribution in [0.3, 0.4) is 0 Å². The summed E-state index contributed by atoms with van der Waals surface area (Å²) in [6.07, 6.45) is 0. The monoisotopic (exact) mass is 378 g/mol. The van der Waals surface area contributed by atoms with Gasteiger partial charge in [0.25, 0.3) is 5.91 Å². The van der Waals surface area contributed by atoms with Gasteiger partial charge in [-0.2, -0.15) is 0 Å². The number of rotatable bonds is 3. The average molecular weight is 380 g/mol. The summed E-state index contributed by atoms with van der Waals surface area (Å²) < 4.78 is 1.92. The molecule has 0 saturated heterocycles. The molecule has 3 rings (SSSR count). The quantitative estimate of drug-likeness (QED) is 0.640. The fourth-order valence-corrected chi connectivity index (χ4v) is 3.31. The highest BCUT2D eigenvalue weighted by Crippen LogP contribution is 2.35. The van der Waals surface area contributed by atoms with E-state index in [9.17, 15) is 4.79 Å². The van der Waals surface area contributed by atoms with Gasteiger partial charge in [0.1, 0.15) is 0 Å². The number of hydrogen-bond acceptors (Lipinski definition) is 1. The van der Waals surface area contributed by atoms with E-state index in [1.807, 2.05) is 29.7 Å². The van der Waals surface area contributed by atoms with Crippen molar-refractivity contribution in [2.45, 2.75) is 6.92 Å². The van der Waals surface area contributed by atoms with E-state index in [4.69, 9.17) is 40.5 Å². The van der Waals surface area contributed by atoms with E-state index in [0.717, 1.165) is 22.6 Å². The van der Waals surface area contributed by atoms with Gasteiger partial charge in [-0.25, -0.2) is 0 Å². The Morgan fingerprint density at radius 3 is 2.17 bits per heavy atom. The summed E-state index contributed by atoms with van der Waals surface area (Å²) in [5.74, 6) is -0.494. The maximum atomic E-state index is 11.8. The lowest BCUT2D eigenvalue weighted by molar-refractivity contribution is 0.1000. The zero-order chi connectivity index (χ0) is 17.4. The van der Waals surface area contributed by atoms with Gasteiger partial charge in [0.05, 0.1) is 16.3 Å². The highest BCUT2D eigenvalue weighted by molar-refractivity contribution is 6.36. The van der Waals surface area contributed by atoms with Crippen molar-refractivity contribution in [2.24, 2.45) is 5.73 Å². The van der Waals surface area contributed by atoms with Crippen molar-refractivity contribution in [1.82, 2.24) is 4.57 Å². The van der Waals surface area contributed by atoms with Crippen LogP contribution < -0.4 is 5.73 Å². The molecule has 0 aliphatic carbocycles. The number of carbonyl (C=O) groups excluding carboxylic acids is 1. The Balaban J connectivity index is 2.30. The van der Waals surface area contributed by atoms with Crippen molar-refractivity contribution in [3.63, 3.8) is 0 Å². The van der Waals surface area contributed by atoms with E-state index in [1.165, 1.54) is 0 Å². The van der Waals surface area contributed by atoms with E-state index < -0.39 is 5.91 Å². The number of nitrogens with two attached hydrogens (primary N) is 1. The molecule has 1 heterocycles. The number of aromatic nitrogens is 1. The van der Waals surface area contributed by atoms with Gasteiger partial charge >= 0.3 is 0 Å². The van der Waals surface area contributed by atoms with Crippen LogP contribution in [-0.4, -0.2) is 10.5 Å². The highest BCUT2D eigenvalue weighted by atomic mass is 35.5. The van der Waals surface area contributed by atoms with Gasteiger partial charge in [-0.1, -0.05) is 34.8 Å². The second-order valence-electron chi connectivity index (χ2n) is 5.33. The van der Waals surface area contributed by atoms with E-state index >= 15 is 0 Å². The molecule has 24 heavy (non-hydrogen) atoms. The molecule has 2 aromatic carbocycles. The van der Waals surface area contributed by atoms with Gasteiger partial charge in [0.2, 0.25) is 0 Å². The number of halogens is 3. The van der Waals surface area contributed by atoms with Crippen LogP contribution in [0, 0.1) is 6.92 Å². The number of benzene rings is 2. The number of amides is 1. The molecule has 2 N–H and O–H groups in total. The largest absolute Gasteiger partial charge is 0.366 e. The minimum absolute atomic E-state index is 0.436. The van der Waals surface area contributed by atoms with Crippen molar-refractivity contribution in [3.05, 3.63) is 74.9 Å². The van der Waals surface area contributed by atoms with Crippen molar-refractivity contribution >= 4 is 40.7 Å². The minimum atomic E-state index is -0.494. The van der Waals surface area contributed by atoms with Crippen molar-refractivity contribution < 1.29 is 4.79 Å². The van der Waals surface area contributed by atoms with Crippen LogP contribution in [0.25, 0.3) is 16.9 Å². The first-order valence-electron chi connectivity index (χ1n) is 7.12. The summed E-state index contributed by atoms with van der Waals surface area (Å²) in [7, 11) is 0. The SMILES string of the molecule is Cc1c(C(N)=O)cc(-c2ccc(Cl)cc2Cl)n1-c1ccc(Cl)cc1. The Kier molecular flexibility index (Phi) is 4.59. The average Bonchev–Trinajstić information content (AvgIpc) is 2.86. The summed E-state index contributed by atoms with van der Waals surface area (Å²) >= 11 is 18.3. The van der Waals surface area contributed by atoms with Crippen LogP contribution in [0.5, 0.6) is 0 Å². The summed E-state index contributed by atoms with van der Waals surface area (Å²) in [6, 6.07) is 14.3. The number of hydrogen-bond donors (Lipinski definition) is 1. The molecule has 0 atom stereocenters. The molecule has 0 radical (unpaired) electrons. The third-order valence-corrected chi connectivity index (χ3v) is 4.60. The topological polar surface area (TPSA) is 48.0 Å². The molecule has 122 valence electrons. The van der Waals surface area contributed by atoms with E-state index in [2.05, 4.69) is 0 Å². The predicted molar refractivity (Wildman–Crippen MR) is 99.5 cm³/mol. The van der Waals surface area contributed by atoms with Gasteiger partial charge < -0.3 is 10.3 Å². The van der Waals surface area contributed by atoms with Crippen LogP contribution >= 0.6 is 34.8 Å². The first-order chi connectivity index (χ1) is 11.4. The van der Waals surface area contributed by atoms with Gasteiger partial charge in [0.15, 0.2) is 0 Å². The molecule has 0 aliphatic rings. The molecule has 1 amide bonds. The summed E-state index contributed by atoms with van der Waals surface area (Å²) in [5.41, 5.74) is 9.04. The fraction of sp³-hybridized carbons (Fsp3) is 0.0556. The number of primary amides is 1. The smallest absolute Gasteiger partial charge is 0.250 e. The molecule has 0 bridgehead atoms. The lowest BCUT2D eigenvalue weighted by Gasteiger charge is -2.13. The third kappa shape index (κ3) is 3.03. The second-order valence-corrected chi connectivity index (χ2v) is 6.61. The van der Waals surface area contributed by atoms with E-state index in [1.54, 1.807) is 30.3 Å². The molecular weight excluding hydrogens is 367 g/mol. The van der Waals surface area contributed by atoms with Crippen molar-refractivity contribution in [1.29, 1.82) is 0 Å². The van der Waals surface area contributed by atoms with Gasteiger partial charge in [-0.15, -0.1) is 0 Å². The molecule has 0 aliphatic heterocycles. The Morgan fingerprint density at radius 2 is 1.58 bits per heavy atom. The number of carbonyl (C=O) groups is 1. The Hall–Kier alpha value is -1.94.